The first-order valence-electron chi connectivity index (χ1n) is 8.89. The number of amides is 2. The topological polar surface area (TPSA) is 84.5 Å². The van der Waals surface area contributed by atoms with Crippen molar-refractivity contribution in [3.05, 3.63) is 22.4 Å². The van der Waals surface area contributed by atoms with Crippen LogP contribution in [0.5, 0.6) is 0 Å². The number of carbonyl (C=O) groups excluding carboxylic acids is 3. The summed E-state index contributed by atoms with van der Waals surface area (Å²) in [5.74, 6) is -0.450. The van der Waals surface area contributed by atoms with Gasteiger partial charge < -0.3 is 15.4 Å². The Balaban J connectivity index is 2.14. The number of hydrogen-bond acceptors (Lipinski definition) is 5. The summed E-state index contributed by atoms with van der Waals surface area (Å²) in [6.07, 6.45) is 0.112. The SMILES string of the molecule is CC(C)C(C)(C)CC(NC(=O)c1ccsc1)C(=O)N[C@@H]1C(=O)CO[C@H]1C. The Bertz CT molecular complexity index is 655. The molecule has 2 amide bonds. The van der Waals surface area contributed by atoms with Crippen LogP contribution in [-0.4, -0.2) is 42.4 Å². The van der Waals surface area contributed by atoms with Crippen molar-refractivity contribution in [3.8, 4) is 0 Å². The third-order valence-electron chi connectivity index (χ3n) is 5.30. The number of hydrogen-bond donors (Lipinski definition) is 2. The maximum absolute atomic E-state index is 12.9. The highest BCUT2D eigenvalue weighted by molar-refractivity contribution is 7.08. The summed E-state index contributed by atoms with van der Waals surface area (Å²) in [6.45, 7) is 10.1. The Morgan fingerprint density at radius 1 is 1.38 bits per heavy atom. The van der Waals surface area contributed by atoms with Gasteiger partial charge in [0.15, 0.2) is 5.78 Å². The third-order valence-corrected chi connectivity index (χ3v) is 5.98. The van der Waals surface area contributed by atoms with Crippen molar-refractivity contribution in [3.63, 3.8) is 0 Å². The third kappa shape index (κ3) is 4.92. The molecule has 2 N–H and O–H groups in total. The summed E-state index contributed by atoms with van der Waals surface area (Å²) in [6, 6.07) is 0.338. The normalized spacial score (nSPS) is 21.7. The number of carbonyl (C=O) groups is 3. The molecule has 26 heavy (non-hydrogen) atoms. The smallest absolute Gasteiger partial charge is 0.252 e. The van der Waals surface area contributed by atoms with E-state index in [2.05, 4.69) is 38.3 Å². The van der Waals surface area contributed by atoms with Crippen LogP contribution >= 0.6 is 11.3 Å². The first-order chi connectivity index (χ1) is 12.1. The van der Waals surface area contributed by atoms with Crippen LogP contribution in [0.1, 0.15) is 51.4 Å². The maximum atomic E-state index is 12.9. The Morgan fingerprint density at radius 2 is 2.08 bits per heavy atom. The van der Waals surface area contributed by atoms with Gasteiger partial charge in [-0.05, 0) is 36.1 Å². The molecule has 0 spiro atoms. The molecule has 0 aromatic carbocycles. The van der Waals surface area contributed by atoms with E-state index in [9.17, 15) is 14.4 Å². The highest BCUT2D eigenvalue weighted by Crippen LogP contribution is 2.31. The molecule has 7 heteroatoms. The van der Waals surface area contributed by atoms with Gasteiger partial charge in [0.1, 0.15) is 18.7 Å². The molecule has 1 unspecified atom stereocenters. The molecule has 6 nitrogen and oxygen atoms in total. The molecular formula is C19H28N2O4S. The first-order valence-corrected chi connectivity index (χ1v) is 9.84. The van der Waals surface area contributed by atoms with Gasteiger partial charge in [-0.3, -0.25) is 14.4 Å². The lowest BCUT2D eigenvalue weighted by atomic mass is 9.76. The van der Waals surface area contributed by atoms with Crippen molar-refractivity contribution >= 4 is 28.9 Å². The summed E-state index contributed by atoms with van der Waals surface area (Å²) < 4.78 is 5.29. The summed E-state index contributed by atoms with van der Waals surface area (Å²) in [7, 11) is 0. The first kappa shape index (κ1) is 20.6. The number of thiophene rings is 1. The molecule has 1 aromatic heterocycles. The highest BCUT2D eigenvalue weighted by atomic mass is 32.1. The monoisotopic (exact) mass is 380 g/mol. The number of Topliss-reactive ketones (excluding diaryl/α,β-unsaturated/α-hetero) is 1. The van der Waals surface area contributed by atoms with Crippen molar-refractivity contribution in [2.45, 2.75) is 59.2 Å². The van der Waals surface area contributed by atoms with Gasteiger partial charge in [-0.25, -0.2) is 0 Å². The lowest BCUT2D eigenvalue weighted by Gasteiger charge is -2.33. The second-order valence-electron chi connectivity index (χ2n) is 7.85. The lowest BCUT2D eigenvalue weighted by molar-refractivity contribution is -0.128. The quantitative estimate of drug-likeness (QED) is 0.761. The number of ether oxygens (including phenoxy) is 1. The molecule has 0 aliphatic carbocycles. The molecule has 1 aliphatic rings. The molecule has 144 valence electrons. The fourth-order valence-corrected chi connectivity index (χ4v) is 3.36. The van der Waals surface area contributed by atoms with Crippen LogP contribution in [-0.2, 0) is 14.3 Å². The zero-order valence-electron chi connectivity index (χ0n) is 16.0. The van der Waals surface area contributed by atoms with E-state index in [0.717, 1.165) is 0 Å². The number of nitrogens with one attached hydrogen (secondary N) is 2. The lowest BCUT2D eigenvalue weighted by Crippen LogP contribution is -2.54. The van der Waals surface area contributed by atoms with Crippen molar-refractivity contribution in [2.24, 2.45) is 11.3 Å². The van der Waals surface area contributed by atoms with Gasteiger partial charge in [0.25, 0.3) is 5.91 Å². The number of rotatable bonds is 7. The molecule has 1 saturated heterocycles. The van der Waals surface area contributed by atoms with E-state index in [1.807, 2.05) is 5.38 Å². The second-order valence-corrected chi connectivity index (χ2v) is 8.63. The molecule has 2 rings (SSSR count). The fraction of sp³-hybridized carbons (Fsp3) is 0.632. The second kappa shape index (κ2) is 8.31. The van der Waals surface area contributed by atoms with Gasteiger partial charge >= 0.3 is 0 Å². The van der Waals surface area contributed by atoms with Crippen LogP contribution in [0, 0.1) is 11.3 Å². The molecule has 0 radical (unpaired) electrons. The van der Waals surface area contributed by atoms with Crippen LogP contribution < -0.4 is 10.6 Å². The minimum absolute atomic E-state index is 0.00945. The Labute approximate surface area is 158 Å². The predicted molar refractivity (Wildman–Crippen MR) is 101 cm³/mol. The minimum Gasteiger partial charge on any atom is -0.368 e. The van der Waals surface area contributed by atoms with E-state index in [4.69, 9.17) is 4.74 Å². The van der Waals surface area contributed by atoms with E-state index in [1.54, 1.807) is 18.4 Å². The van der Waals surface area contributed by atoms with E-state index in [0.29, 0.717) is 17.9 Å². The van der Waals surface area contributed by atoms with Crippen LogP contribution in [0.3, 0.4) is 0 Å². The molecule has 0 bridgehead atoms. The van der Waals surface area contributed by atoms with Crippen molar-refractivity contribution in [1.82, 2.24) is 10.6 Å². The zero-order valence-corrected chi connectivity index (χ0v) is 16.8. The molecule has 1 aliphatic heterocycles. The average Bonchev–Trinajstić information content (AvgIpc) is 3.19. The average molecular weight is 381 g/mol. The van der Waals surface area contributed by atoms with Gasteiger partial charge in [-0.1, -0.05) is 27.7 Å². The van der Waals surface area contributed by atoms with Gasteiger partial charge in [-0.15, -0.1) is 0 Å². The van der Waals surface area contributed by atoms with Crippen molar-refractivity contribution in [1.29, 1.82) is 0 Å². The van der Waals surface area contributed by atoms with E-state index >= 15 is 0 Å². The van der Waals surface area contributed by atoms with Gasteiger partial charge in [0.05, 0.1) is 11.7 Å². The van der Waals surface area contributed by atoms with Gasteiger partial charge in [-0.2, -0.15) is 11.3 Å². The van der Waals surface area contributed by atoms with Crippen LogP contribution in [0.4, 0.5) is 0 Å². The van der Waals surface area contributed by atoms with Crippen LogP contribution in [0.25, 0.3) is 0 Å². The van der Waals surface area contributed by atoms with E-state index < -0.39 is 12.1 Å². The summed E-state index contributed by atoms with van der Waals surface area (Å²) >= 11 is 1.43. The molecule has 0 saturated carbocycles. The van der Waals surface area contributed by atoms with Gasteiger partial charge in [0, 0.05) is 5.38 Å². The zero-order chi connectivity index (χ0) is 19.5. The summed E-state index contributed by atoms with van der Waals surface area (Å²) in [5.41, 5.74) is 0.370. The number of ketones is 1. The fourth-order valence-electron chi connectivity index (χ4n) is 2.72. The maximum Gasteiger partial charge on any atom is 0.252 e. The molecule has 1 fully saturated rings. The molecular weight excluding hydrogens is 352 g/mol. The largest absolute Gasteiger partial charge is 0.368 e. The summed E-state index contributed by atoms with van der Waals surface area (Å²) in [4.78, 5) is 37.3. The van der Waals surface area contributed by atoms with Crippen LogP contribution in [0.2, 0.25) is 0 Å². The van der Waals surface area contributed by atoms with Crippen LogP contribution in [0.15, 0.2) is 16.8 Å². The van der Waals surface area contributed by atoms with Crippen molar-refractivity contribution < 1.29 is 19.1 Å². The van der Waals surface area contributed by atoms with E-state index in [1.165, 1.54) is 11.3 Å². The predicted octanol–water partition coefficient (Wildman–Crippen LogP) is 2.39. The Hall–Kier alpha value is -1.73. The molecule has 3 atom stereocenters. The highest BCUT2D eigenvalue weighted by Gasteiger charge is 2.37. The molecule has 2 heterocycles. The van der Waals surface area contributed by atoms with Crippen molar-refractivity contribution in [2.75, 3.05) is 6.61 Å². The minimum atomic E-state index is -0.722. The Morgan fingerprint density at radius 3 is 2.58 bits per heavy atom. The van der Waals surface area contributed by atoms with Gasteiger partial charge in [0.2, 0.25) is 5.91 Å². The Kier molecular flexibility index (Phi) is 6.58. The molecule has 1 aromatic rings. The van der Waals surface area contributed by atoms with E-state index in [-0.39, 0.29) is 35.7 Å². The summed E-state index contributed by atoms with van der Waals surface area (Å²) in [5, 5.41) is 9.16. The standard InChI is InChI=1S/C19H28N2O4S/c1-11(2)19(4,5)8-14(20-17(23)13-6-7-26-10-13)18(24)21-16-12(3)25-9-15(16)22/h6-7,10-12,14,16H,8-9H2,1-5H3,(H,20,23)(H,21,24)/t12-,14?,16-/m0/s1.